The minimum absolute atomic E-state index is 0.0266. The zero-order chi connectivity index (χ0) is 18.5. The van der Waals surface area contributed by atoms with E-state index in [4.69, 9.17) is 16.3 Å². The number of urea groups is 1. The molecule has 2 aromatic rings. The van der Waals surface area contributed by atoms with Crippen LogP contribution >= 0.6 is 11.6 Å². The number of carbonyl (C=O) groups is 2. The van der Waals surface area contributed by atoms with E-state index in [1.54, 1.807) is 30.2 Å². The quantitative estimate of drug-likeness (QED) is 0.846. The molecule has 0 bridgehead atoms. The van der Waals surface area contributed by atoms with Crippen LogP contribution in [0, 0.1) is 0 Å². The Morgan fingerprint density at radius 1 is 1.27 bits per heavy atom. The van der Waals surface area contributed by atoms with Crippen LogP contribution in [0.3, 0.4) is 0 Å². The summed E-state index contributed by atoms with van der Waals surface area (Å²) in [6.45, 7) is 0.823. The number of nitrogens with one attached hydrogen (secondary N) is 2. The Balaban J connectivity index is 1.53. The van der Waals surface area contributed by atoms with Crippen LogP contribution in [0.15, 0.2) is 48.5 Å². The van der Waals surface area contributed by atoms with Crippen LogP contribution in [0.25, 0.3) is 0 Å². The van der Waals surface area contributed by atoms with Crippen LogP contribution in [-0.4, -0.2) is 31.6 Å². The number of halogens is 1. The summed E-state index contributed by atoms with van der Waals surface area (Å²) >= 11 is 5.84. The van der Waals surface area contributed by atoms with E-state index in [9.17, 15) is 9.59 Å². The second kappa shape index (κ2) is 8.10. The summed E-state index contributed by atoms with van der Waals surface area (Å²) in [5.74, 6) is 0.661. The Kier molecular flexibility index (Phi) is 5.63. The van der Waals surface area contributed by atoms with Gasteiger partial charge in [-0.05, 0) is 29.8 Å². The topological polar surface area (TPSA) is 70.7 Å². The van der Waals surface area contributed by atoms with Crippen molar-refractivity contribution in [1.82, 2.24) is 10.6 Å². The van der Waals surface area contributed by atoms with Crippen molar-refractivity contribution in [3.8, 4) is 5.75 Å². The van der Waals surface area contributed by atoms with Gasteiger partial charge in [0.2, 0.25) is 5.91 Å². The molecule has 1 aliphatic rings. The number of carbonyl (C=O) groups excluding carboxylic acids is 2. The molecule has 1 heterocycles. The fraction of sp³-hybridized carbons (Fsp3) is 0.263. The van der Waals surface area contributed by atoms with Gasteiger partial charge >= 0.3 is 6.03 Å². The first-order chi connectivity index (χ1) is 12.5. The van der Waals surface area contributed by atoms with Crippen LogP contribution in [0.4, 0.5) is 10.5 Å². The summed E-state index contributed by atoms with van der Waals surface area (Å²) in [6.07, 6.45) is 0.269. The fourth-order valence-corrected chi connectivity index (χ4v) is 2.98. The molecule has 1 atom stereocenters. The molecular weight excluding hydrogens is 354 g/mol. The monoisotopic (exact) mass is 373 g/mol. The number of rotatable bonds is 5. The number of ether oxygens (including phenoxy) is 1. The van der Waals surface area contributed by atoms with Gasteiger partial charge in [-0.25, -0.2) is 4.79 Å². The van der Waals surface area contributed by atoms with E-state index in [0.717, 1.165) is 11.3 Å². The number of benzene rings is 2. The van der Waals surface area contributed by atoms with Gasteiger partial charge in [-0.1, -0.05) is 29.8 Å². The highest BCUT2D eigenvalue weighted by molar-refractivity contribution is 6.30. The van der Waals surface area contributed by atoms with Crippen molar-refractivity contribution in [2.45, 2.75) is 19.0 Å². The van der Waals surface area contributed by atoms with Gasteiger partial charge in [0.1, 0.15) is 5.75 Å². The first-order valence-electron chi connectivity index (χ1n) is 8.28. The van der Waals surface area contributed by atoms with Crippen molar-refractivity contribution >= 4 is 29.2 Å². The van der Waals surface area contributed by atoms with Crippen molar-refractivity contribution in [3.63, 3.8) is 0 Å². The number of nitrogens with zero attached hydrogens (tertiary/aromatic N) is 1. The van der Waals surface area contributed by atoms with Crippen LogP contribution in [0.2, 0.25) is 5.02 Å². The lowest BCUT2D eigenvalue weighted by Gasteiger charge is -2.18. The summed E-state index contributed by atoms with van der Waals surface area (Å²) in [6, 6.07) is 14.0. The molecule has 1 fully saturated rings. The molecule has 2 aromatic carbocycles. The molecule has 1 aliphatic heterocycles. The first kappa shape index (κ1) is 18.1. The molecule has 0 unspecified atom stereocenters. The van der Waals surface area contributed by atoms with E-state index in [-0.39, 0.29) is 24.4 Å². The van der Waals surface area contributed by atoms with Crippen LogP contribution < -0.4 is 20.3 Å². The molecule has 1 saturated heterocycles. The maximum Gasteiger partial charge on any atom is 0.315 e. The van der Waals surface area contributed by atoms with Gasteiger partial charge < -0.3 is 20.3 Å². The lowest BCUT2D eigenvalue weighted by Crippen LogP contribution is -2.43. The van der Waals surface area contributed by atoms with E-state index in [0.29, 0.717) is 23.9 Å². The molecule has 26 heavy (non-hydrogen) atoms. The summed E-state index contributed by atoms with van der Waals surface area (Å²) < 4.78 is 5.20. The van der Waals surface area contributed by atoms with Gasteiger partial charge in [0.15, 0.2) is 0 Å². The number of anilines is 1. The van der Waals surface area contributed by atoms with E-state index < -0.39 is 0 Å². The van der Waals surface area contributed by atoms with Crippen molar-refractivity contribution in [2.75, 3.05) is 18.6 Å². The van der Waals surface area contributed by atoms with E-state index in [1.165, 1.54) is 0 Å². The van der Waals surface area contributed by atoms with Gasteiger partial charge in [-0.3, -0.25) is 4.79 Å². The summed E-state index contributed by atoms with van der Waals surface area (Å²) in [5, 5.41) is 6.29. The molecule has 0 aliphatic carbocycles. The van der Waals surface area contributed by atoms with E-state index >= 15 is 0 Å². The van der Waals surface area contributed by atoms with Crippen molar-refractivity contribution in [1.29, 1.82) is 0 Å². The molecule has 6 nitrogen and oxygen atoms in total. The average Bonchev–Trinajstić information content (AvgIpc) is 3.01. The number of amides is 3. The Morgan fingerprint density at radius 2 is 2.04 bits per heavy atom. The minimum atomic E-state index is -0.301. The fourth-order valence-electron chi connectivity index (χ4n) is 2.85. The Hall–Kier alpha value is -2.73. The SMILES string of the molecule is COc1cccc(N2C[C@H](NC(=O)NCc3ccc(Cl)cc3)CC2=O)c1. The van der Waals surface area contributed by atoms with Gasteiger partial charge in [0, 0.05) is 36.3 Å². The van der Waals surface area contributed by atoms with Gasteiger partial charge in [-0.2, -0.15) is 0 Å². The first-order valence-corrected chi connectivity index (χ1v) is 8.66. The highest BCUT2D eigenvalue weighted by atomic mass is 35.5. The third-order valence-corrected chi connectivity index (χ3v) is 4.44. The highest BCUT2D eigenvalue weighted by Gasteiger charge is 2.31. The summed E-state index contributed by atoms with van der Waals surface area (Å²) in [7, 11) is 1.58. The third kappa shape index (κ3) is 4.46. The zero-order valence-electron chi connectivity index (χ0n) is 14.4. The molecule has 7 heteroatoms. The molecule has 0 radical (unpaired) electrons. The lowest BCUT2D eigenvalue weighted by molar-refractivity contribution is -0.117. The van der Waals surface area contributed by atoms with Crippen LogP contribution in [-0.2, 0) is 11.3 Å². The molecule has 2 N–H and O–H groups in total. The van der Waals surface area contributed by atoms with Crippen molar-refractivity contribution in [3.05, 3.63) is 59.1 Å². The number of hydrogen-bond donors (Lipinski definition) is 2. The molecule has 136 valence electrons. The predicted molar refractivity (Wildman–Crippen MR) is 101 cm³/mol. The highest BCUT2D eigenvalue weighted by Crippen LogP contribution is 2.25. The maximum absolute atomic E-state index is 12.3. The molecule has 3 rings (SSSR count). The van der Waals surface area contributed by atoms with E-state index in [2.05, 4.69) is 10.6 Å². The average molecular weight is 374 g/mol. The van der Waals surface area contributed by atoms with Crippen molar-refractivity contribution < 1.29 is 14.3 Å². The van der Waals surface area contributed by atoms with Gasteiger partial charge in [0.05, 0.1) is 13.2 Å². The second-order valence-corrected chi connectivity index (χ2v) is 6.50. The Labute approximate surface area is 157 Å². The van der Waals surface area contributed by atoms with Crippen LogP contribution in [0.5, 0.6) is 5.75 Å². The van der Waals surface area contributed by atoms with Gasteiger partial charge in [0.25, 0.3) is 0 Å². The molecule has 0 saturated carbocycles. The van der Waals surface area contributed by atoms with Crippen molar-refractivity contribution in [2.24, 2.45) is 0 Å². The molecular formula is C19H20ClN3O3. The zero-order valence-corrected chi connectivity index (χ0v) is 15.1. The van der Waals surface area contributed by atoms with Gasteiger partial charge in [-0.15, -0.1) is 0 Å². The van der Waals surface area contributed by atoms with E-state index in [1.807, 2.05) is 30.3 Å². The summed E-state index contributed by atoms with van der Waals surface area (Å²) in [5.41, 5.74) is 1.71. The Bertz CT molecular complexity index is 795. The largest absolute Gasteiger partial charge is 0.497 e. The predicted octanol–water partition coefficient (Wildman–Crippen LogP) is 2.95. The Morgan fingerprint density at radius 3 is 2.77 bits per heavy atom. The normalized spacial score (nSPS) is 16.5. The third-order valence-electron chi connectivity index (χ3n) is 4.19. The lowest BCUT2D eigenvalue weighted by atomic mass is 10.2. The molecule has 3 amide bonds. The summed E-state index contributed by atoms with van der Waals surface area (Å²) in [4.78, 5) is 26.0. The minimum Gasteiger partial charge on any atom is -0.497 e. The number of hydrogen-bond acceptors (Lipinski definition) is 3. The molecule has 0 aromatic heterocycles. The maximum atomic E-state index is 12.3. The number of methoxy groups -OCH3 is 1. The standard InChI is InChI=1S/C19H20ClN3O3/c1-26-17-4-2-3-16(10-17)23-12-15(9-18(23)24)22-19(25)21-11-13-5-7-14(20)8-6-13/h2-8,10,15H,9,11-12H2,1H3,(H2,21,22,25)/t15-/m1/s1. The second-order valence-electron chi connectivity index (χ2n) is 6.06. The molecule has 0 spiro atoms. The smallest absolute Gasteiger partial charge is 0.315 e. The van der Waals surface area contributed by atoms with Crippen LogP contribution in [0.1, 0.15) is 12.0 Å².